The highest BCUT2D eigenvalue weighted by atomic mass is 31.1. The van der Waals surface area contributed by atoms with Crippen LogP contribution in [0.3, 0.4) is 0 Å². The Bertz CT molecular complexity index is 884. The summed E-state index contributed by atoms with van der Waals surface area (Å²) in [5.41, 5.74) is 9.60. The first-order chi connectivity index (χ1) is 13.4. The molecule has 0 amide bonds. The second-order valence-electron chi connectivity index (χ2n) is 7.75. The van der Waals surface area contributed by atoms with E-state index in [1.54, 1.807) is 0 Å². The van der Waals surface area contributed by atoms with Crippen molar-refractivity contribution in [2.75, 3.05) is 4.44 Å². The van der Waals surface area contributed by atoms with E-state index in [4.69, 9.17) is 0 Å². The lowest BCUT2D eigenvalue weighted by Gasteiger charge is -2.29. The highest BCUT2D eigenvalue weighted by molar-refractivity contribution is 7.67. The molecule has 146 valence electrons. The van der Waals surface area contributed by atoms with Crippen LogP contribution in [0.5, 0.6) is 0 Å². The Kier molecular flexibility index (Phi) is 6.92. The van der Waals surface area contributed by atoms with Crippen molar-refractivity contribution in [1.29, 1.82) is 0 Å². The zero-order chi connectivity index (χ0) is 20.3. The van der Waals surface area contributed by atoms with Gasteiger partial charge in [0.25, 0.3) is 0 Å². The van der Waals surface area contributed by atoms with Crippen molar-refractivity contribution in [2.45, 2.75) is 48.0 Å². The summed E-state index contributed by atoms with van der Waals surface area (Å²) in [6.07, 6.45) is 1.06. The van der Waals surface area contributed by atoms with Gasteiger partial charge in [-0.05, 0) is 62.8 Å². The number of hydrogen-bond donors (Lipinski definition) is 0. The molecule has 0 spiro atoms. The number of aryl methyl sites for hydroxylation is 6. The first kappa shape index (κ1) is 21.0. The molecular formula is C25H31NP2. The van der Waals surface area contributed by atoms with Crippen molar-refractivity contribution in [3.05, 3.63) is 88.0 Å². The molecule has 3 heteroatoms. The molecule has 0 saturated carbocycles. The molecule has 0 aliphatic heterocycles. The minimum Gasteiger partial charge on any atom is -0.326 e. The number of rotatable bonds is 6. The molecule has 0 radical (unpaired) electrons. The molecule has 0 aromatic heterocycles. The SMILES string of the molecule is CCc1cccc(C)c1N(Pc1cc(C)cc(C)c1)Pc1cc(C)cc(C)c1. The molecule has 2 unspecified atom stereocenters. The number of anilines is 1. The summed E-state index contributed by atoms with van der Waals surface area (Å²) in [5.74, 6) is 0. The summed E-state index contributed by atoms with van der Waals surface area (Å²) in [6.45, 7) is 13.3. The Morgan fingerprint density at radius 2 is 1.14 bits per heavy atom. The van der Waals surface area contributed by atoms with Gasteiger partial charge in [-0.2, -0.15) is 0 Å². The summed E-state index contributed by atoms with van der Waals surface area (Å²) in [4.78, 5) is 0. The molecule has 0 aliphatic rings. The van der Waals surface area contributed by atoms with Crippen LogP contribution in [0.4, 0.5) is 5.69 Å². The predicted molar refractivity (Wildman–Crippen MR) is 131 cm³/mol. The van der Waals surface area contributed by atoms with Crippen molar-refractivity contribution < 1.29 is 0 Å². The average Bonchev–Trinajstić information content (AvgIpc) is 2.59. The van der Waals surface area contributed by atoms with Gasteiger partial charge in [-0.1, -0.05) is 83.8 Å². The van der Waals surface area contributed by atoms with Crippen LogP contribution in [0.2, 0.25) is 0 Å². The standard InChI is InChI=1S/C25H31NP2/c1-7-22-10-8-9-21(6)25(22)26(27-23-13-17(2)11-18(3)14-23)28-24-15-19(4)12-20(5)16-24/h8-16,27-28H,7H2,1-6H3. The Hall–Kier alpha value is -1.68. The lowest BCUT2D eigenvalue weighted by atomic mass is 10.1. The smallest absolute Gasteiger partial charge is 0.0496 e. The predicted octanol–water partition coefficient (Wildman–Crippen LogP) is 6.44. The van der Waals surface area contributed by atoms with E-state index in [1.165, 1.54) is 49.7 Å². The third-order valence-corrected chi connectivity index (χ3v) is 7.51. The summed E-state index contributed by atoms with van der Waals surface area (Å²) < 4.78 is 2.62. The van der Waals surface area contributed by atoms with Crippen LogP contribution in [0, 0.1) is 34.6 Å². The van der Waals surface area contributed by atoms with E-state index in [0.29, 0.717) is 17.5 Å². The highest BCUT2D eigenvalue weighted by Crippen LogP contribution is 2.42. The third-order valence-electron chi connectivity index (χ3n) is 4.85. The number of nitrogens with zero attached hydrogens (tertiary/aromatic N) is 1. The number of para-hydroxylation sites is 1. The molecule has 0 saturated heterocycles. The van der Waals surface area contributed by atoms with Crippen molar-refractivity contribution >= 4 is 33.8 Å². The minimum atomic E-state index is 0.626. The van der Waals surface area contributed by atoms with Crippen molar-refractivity contribution in [2.24, 2.45) is 0 Å². The van der Waals surface area contributed by atoms with Crippen LogP contribution in [0.15, 0.2) is 54.6 Å². The number of hydrogen-bond acceptors (Lipinski definition) is 1. The quantitative estimate of drug-likeness (QED) is 0.425. The van der Waals surface area contributed by atoms with Gasteiger partial charge in [0.15, 0.2) is 0 Å². The Balaban J connectivity index is 2.05. The van der Waals surface area contributed by atoms with Crippen LogP contribution < -0.4 is 15.1 Å². The van der Waals surface area contributed by atoms with E-state index >= 15 is 0 Å². The maximum absolute atomic E-state index is 2.62. The molecular weight excluding hydrogens is 376 g/mol. The molecule has 3 rings (SSSR count). The van der Waals surface area contributed by atoms with Gasteiger partial charge in [-0.25, -0.2) is 0 Å². The molecule has 3 aromatic carbocycles. The lowest BCUT2D eigenvalue weighted by Crippen LogP contribution is -2.15. The Labute approximate surface area is 174 Å². The zero-order valence-corrected chi connectivity index (χ0v) is 19.9. The fourth-order valence-corrected chi connectivity index (χ4v) is 7.35. The zero-order valence-electron chi connectivity index (χ0n) is 17.9. The van der Waals surface area contributed by atoms with Crippen molar-refractivity contribution in [3.63, 3.8) is 0 Å². The highest BCUT2D eigenvalue weighted by Gasteiger charge is 2.16. The third kappa shape index (κ3) is 5.22. The van der Waals surface area contributed by atoms with Gasteiger partial charge in [0.05, 0.1) is 0 Å². The molecule has 0 aliphatic carbocycles. The van der Waals surface area contributed by atoms with Crippen LogP contribution in [0.25, 0.3) is 0 Å². The van der Waals surface area contributed by atoms with Gasteiger partial charge in [0.2, 0.25) is 0 Å². The minimum absolute atomic E-state index is 0.626. The largest absolute Gasteiger partial charge is 0.326 e. The molecule has 3 aromatic rings. The van der Waals surface area contributed by atoms with Crippen LogP contribution in [-0.2, 0) is 6.42 Å². The van der Waals surface area contributed by atoms with Crippen LogP contribution in [-0.4, -0.2) is 0 Å². The molecule has 0 heterocycles. The van der Waals surface area contributed by atoms with E-state index < -0.39 is 0 Å². The first-order valence-electron chi connectivity index (χ1n) is 9.94. The van der Waals surface area contributed by atoms with Crippen molar-refractivity contribution in [1.82, 2.24) is 0 Å². The van der Waals surface area contributed by atoms with Crippen molar-refractivity contribution in [3.8, 4) is 0 Å². The fraction of sp³-hybridized carbons (Fsp3) is 0.280. The first-order valence-corrected chi connectivity index (χ1v) is 11.8. The molecule has 2 atom stereocenters. The van der Waals surface area contributed by atoms with E-state index in [-0.39, 0.29) is 0 Å². The van der Waals surface area contributed by atoms with Crippen LogP contribution in [0.1, 0.15) is 40.3 Å². The molecule has 0 fully saturated rings. The molecule has 28 heavy (non-hydrogen) atoms. The van der Waals surface area contributed by atoms with Gasteiger partial charge in [0, 0.05) is 23.2 Å². The normalized spacial score (nSPS) is 11.8. The molecule has 0 N–H and O–H groups in total. The van der Waals surface area contributed by atoms with Gasteiger partial charge >= 0.3 is 0 Å². The Morgan fingerprint density at radius 3 is 1.57 bits per heavy atom. The summed E-state index contributed by atoms with van der Waals surface area (Å²) >= 11 is 0. The topological polar surface area (TPSA) is 3.24 Å². The van der Waals surface area contributed by atoms with Gasteiger partial charge in [0.1, 0.15) is 0 Å². The molecule has 1 nitrogen and oxygen atoms in total. The van der Waals surface area contributed by atoms with E-state index in [0.717, 1.165) is 6.42 Å². The summed E-state index contributed by atoms with van der Waals surface area (Å²) in [5, 5.41) is 2.83. The van der Waals surface area contributed by atoms with Gasteiger partial charge in [-0.3, -0.25) is 0 Å². The maximum atomic E-state index is 2.62. The summed E-state index contributed by atoms with van der Waals surface area (Å²) in [7, 11) is 1.25. The number of benzene rings is 3. The molecule has 0 bridgehead atoms. The van der Waals surface area contributed by atoms with Crippen LogP contribution >= 0.6 is 17.5 Å². The van der Waals surface area contributed by atoms with Gasteiger partial charge in [-0.15, -0.1) is 0 Å². The monoisotopic (exact) mass is 407 g/mol. The Morgan fingerprint density at radius 1 is 0.679 bits per heavy atom. The maximum Gasteiger partial charge on any atom is 0.0496 e. The average molecular weight is 407 g/mol. The van der Waals surface area contributed by atoms with E-state index in [1.807, 2.05) is 0 Å². The van der Waals surface area contributed by atoms with Gasteiger partial charge < -0.3 is 4.44 Å². The van der Waals surface area contributed by atoms with E-state index in [2.05, 4.69) is 101 Å². The fourth-order valence-electron chi connectivity index (χ4n) is 3.80. The van der Waals surface area contributed by atoms with E-state index in [9.17, 15) is 0 Å². The lowest BCUT2D eigenvalue weighted by molar-refractivity contribution is 1.13. The second-order valence-corrected chi connectivity index (χ2v) is 10.7. The summed E-state index contributed by atoms with van der Waals surface area (Å²) in [6, 6.07) is 20.6. The second kappa shape index (κ2) is 9.21.